The van der Waals surface area contributed by atoms with Crippen LogP contribution in [0.5, 0.6) is 0 Å². The summed E-state index contributed by atoms with van der Waals surface area (Å²) >= 11 is 0. The van der Waals surface area contributed by atoms with Gasteiger partial charge >= 0.3 is 12.1 Å². The van der Waals surface area contributed by atoms with E-state index in [0.717, 1.165) is 22.3 Å². The zero-order valence-corrected chi connectivity index (χ0v) is 13.4. The smallest absolute Gasteiger partial charge is 0.407 e. The molecule has 2 aromatic rings. The van der Waals surface area contributed by atoms with E-state index in [1.54, 1.807) is 0 Å². The molecular weight excluding hydrogens is 325 g/mol. The molecule has 0 radical (unpaired) electrons. The molecule has 130 valence electrons. The minimum absolute atomic E-state index is 0.0851. The average molecular weight is 343 g/mol. The van der Waals surface area contributed by atoms with E-state index in [1.807, 2.05) is 48.5 Å². The lowest BCUT2D eigenvalue weighted by Crippen LogP contribution is -2.41. The number of alkyl halides is 1. The molecule has 0 bridgehead atoms. The summed E-state index contributed by atoms with van der Waals surface area (Å²) in [6.45, 7) is -0.748. The number of carboxylic acids is 1. The van der Waals surface area contributed by atoms with Crippen molar-refractivity contribution in [2.45, 2.75) is 18.4 Å². The Bertz CT molecular complexity index is 747. The van der Waals surface area contributed by atoms with Crippen molar-refractivity contribution in [2.24, 2.45) is 0 Å². The number of hydrogen-bond acceptors (Lipinski definition) is 3. The van der Waals surface area contributed by atoms with Crippen LogP contribution in [-0.4, -0.2) is 36.5 Å². The predicted octanol–water partition coefficient (Wildman–Crippen LogP) is 3.34. The third kappa shape index (κ3) is 3.47. The molecule has 0 fully saturated rings. The average Bonchev–Trinajstić information content (AvgIpc) is 2.93. The molecule has 1 aliphatic rings. The van der Waals surface area contributed by atoms with Gasteiger partial charge in [0.25, 0.3) is 0 Å². The molecule has 0 heterocycles. The number of carbonyl (C=O) groups excluding carboxylic acids is 1. The number of alkyl carbamates (subject to hydrolysis) is 1. The monoisotopic (exact) mass is 343 g/mol. The lowest BCUT2D eigenvalue weighted by Gasteiger charge is -2.16. The van der Waals surface area contributed by atoms with Crippen molar-refractivity contribution in [1.29, 1.82) is 0 Å². The van der Waals surface area contributed by atoms with Crippen LogP contribution in [0.1, 0.15) is 23.5 Å². The molecule has 2 aromatic carbocycles. The lowest BCUT2D eigenvalue weighted by atomic mass is 9.98. The number of carboxylic acid groups (broad SMARTS) is 1. The Morgan fingerprint density at radius 1 is 1.08 bits per heavy atom. The van der Waals surface area contributed by atoms with Crippen LogP contribution in [0, 0.1) is 0 Å². The van der Waals surface area contributed by atoms with Gasteiger partial charge in [-0.05, 0) is 22.3 Å². The Morgan fingerprint density at radius 3 is 2.16 bits per heavy atom. The first-order valence-corrected chi connectivity index (χ1v) is 8.02. The second-order valence-corrected chi connectivity index (χ2v) is 5.84. The van der Waals surface area contributed by atoms with E-state index in [4.69, 9.17) is 9.84 Å². The highest BCUT2D eigenvalue weighted by molar-refractivity contribution is 5.81. The van der Waals surface area contributed by atoms with Gasteiger partial charge in [0.2, 0.25) is 0 Å². The molecule has 5 nitrogen and oxygen atoms in total. The van der Waals surface area contributed by atoms with Crippen LogP contribution < -0.4 is 5.32 Å². The van der Waals surface area contributed by atoms with Crippen LogP contribution in [0.25, 0.3) is 11.1 Å². The van der Waals surface area contributed by atoms with E-state index in [-0.39, 0.29) is 18.9 Å². The number of hydrogen-bond donors (Lipinski definition) is 2. The molecular formula is C19H18FNO4. The second-order valence-electron chi connectivity index (χ2n) is 5.84. The molecule has 0 aliphatic heterocycles. The first-order chi connectivity index (χ1) is 12.1. The van der Waals surface area contributed by atoms with Gasteiger partial charge < -0.3 is 15.2 Å². The number of nitrogens with one attached hydrogen (secondary N) is 1. The van der Waals surface area contributed by atoms with Crippen molar-refractivity contribution in [2.75, 3.05) is 13.3 Å². The predicted molar refractivity (Wildman–Crippen MR) is 90.2 cm³/mol. The normalized spacial score (nSPS) is 13.6. The third-order valence-corrected chi connectivity index (χ3v) is 4.33. The summed E-state index contributed by atoms with van der Waals surface area (Å²) < 4.78 is 17.6. The van der Waals surface area contributed by atoms with E-state index in [2.05, 4.69) is 5.32 Å². The fraction of sp³-hybridized carbons (Fsp3) is 0.263. The minimum atomic E-state index is -1.29. The second kappa shape index (κ2) is 7.34. The maximum absolute atomic E-state index is 12.4. The summed E-state index contributed by atoms with van der Waals surface area (Å²) in [5.41, 5.74) is 4.34. The van der Waals surface area contributed by atoms with Gasteiger partial charge in [0.1, 0.15) is 12.6 Å². The summed E-state index contributed by atoms with van der Waals surface area (Å²) in [6.07, 6.45) is -1.15. The van der Waals surface area contributed by atoms with Crippen molar-refractivity contribution < 1.29 is 23.8 Å². The van der Waals surface area contributed by atoms with E-state index < -0.39 is 24.8 Å². The fourth-order valence-corrected chi connectivity index (χ4v) is 3.15. The SMILES string of the molecule is O=C(NC(CCF)C(=O)O)OCC1c2ccccc2-c2ccccc21. The Labute approximate surface area is 144 Å². The minimum Gasteiger partial charge on any atom is -0.480 e. The molecule has 1 aliphatic carbocycles. The van der Waals surface area contributed by atoms with Crippen LogP contribution in [0.2, 0.25) is 0 Å². The van der Waals surface area contributed by atoms with Gasteiger partial charge in [-0.15, -0.1) is 0 Å². The highest BCUT2D eigenvalue weighted by Crippen LogP contribution is 2.44. The quantitative estimate of drug-likeness (QED) is 0.843. The molecule has 0 saturated carbocycles. The van der Waals surface area contributed by atoms with Crippen molar-refractivity contribution in [3.8, 4) is 11.1 Å². The van der Waals surface area contributed by atoms with Crippen molar-refractivity contribution in [3.63, 3.8) is 0 Å². The topological polar surface area (TPSA) is 75.6 Å². The van der Waals surface area contributed by atoms with Crippen molar-refractivity contribution in [1.82, 2.24) is 5.32 Å². The molecule has 2 N–H and O–H groups in total. The van der Waals surface area contributed by atoms with Gasteiger partial charge in [0, 0.05) is 12.3 Å². The maximum Gasteiger partial charge on any atom is 0.407 e. The molecule has 0 aromatic heterocycles. The van der Waals surface area contributed by atoms with Gasteiger partial charge in [-0.1, -0.05) is 48.5 Å². The van der Waals surface area contributed by atoms with Gasteiger partial charge in [-0.25, -0.2) is 9.59 Å². The zero-order valence-electron chi connectivity index (χ0n) is 13.4. The number of fused-ring (bicyclic) bond motifs is 3. The van der Waals surface area contributed by atoms with Gasteiger partial charge in [-0.3, -0.25) is 4.39 Å². The summed E-state index contributed by atoms with van der Waals surface area (Å²) in [4.78, 5) is 22.9. The first kappa shape index (κ1) is 17.0. The van der Waals surface area contributed by atoms with Crippen molar-refractivity contribution in [3.05, 3.63) is 59.7 Å². The maximum atomic E-state index is 12.4. The number of benzene rings is 2. The Balaban J connectivity index is 1.71. The number of amides is 1. The van der Waals surface area contributed by atoms with Crippen LogP contribution >= 0.6 is 0 Å². The largest absolute Gasteiger partial charge is 0.480 e. The molecule has 1 amide bonds. The van der Waals surface area contributed by atoms with Gasteiger partial charge in [-0.2, -0.15) is 0 Å². The number of carbonyl (C=O) groups is 2. The van der Waals surface area contributed by atoms with Crippen LogP contribution in [0.15, 0.2) is 48.5 Å². The summed E-state index contributed by atoms with van der Waals surface area (Å²) in [7, 11) is 0. The summed E-state index contributed by atoms with van der Waals surface area (Å²) in [5.74, 6) is -1.39. The van der Waals surface area contributed by atoms with Gasteiger partial charge in [0.05, 0.1) is 6.67 Å². The zero-order chi connectivity index (χ0) is 17.8. The van der Waals surface area contributed by atoms with Gasteiger partial charge in [0.15, 0.2) is 0 Å². The van der Waals surface area contributed by atoms with Crippen molar-refractivity contribution >= 4 is 12.1 Å². The molecule has 0 saturated heterocycles. The fourth-order valence-electron chi connectivity index (χ4n) is 3.15. The Kier molecular flexibility index (Phi) is 4.97. The molecule has 0 spiro atoms. The van der Waals surface area contributed by atoms with E-state index in [1.165, 1.54) is 0 Å². The van der Waals surface area contributed by atoms with Crippen LogP contribution in [0.3, 0.4) is 0 Å². The number of aliphatic carboxylic acids is 1. The van der Waals surface area contributed by atoms with Crippen LogP contribution in [-0.2, 0) is 9.53 Å². The molecule has 1 unspecified atom stereocenters. The summed E-state index contributed by atoms with van der Waals surface area (Å²) in [5, 5.41) is 11.1. The number of ether oxygens (including phenoxy) is 1. The molecule has 3 rings (SSSR count). The number of rotatable bonds is 6. The first-order valence-electron chi connectivity index (χ1n) is 8.02. The Morgan fingerprint density at radius 2 is 1.64 bits per heavy atom. The number of halogens is 1. The third-order valence-electron chi connectivity index (χ3n) is 4.33. The van der Waals surface area contributed by atoms with E-state index >= 15 is 0 Å². The molecule has 1 atom stereocenters. The lowest BCUT2D eigenvalue weighted by molar-refractivity contribution is -0.139. The highest BCUT2D eigenvalue weighted by Gasteiger charge is 2.29. The summed E-state index contributed by atoms with van der Waals surface area (Å²) in [6, 6.07) is 14.5. The standard InChI is InChI=1S/C19H18FNO4/c20-10-9-17(18(22)23)21-19(24)25-11-16-14-7-3-1-5-12(14)13-6-2-4-8-15(13)16/h1-8,16-17H,9-11H2,(H,21,24)(H,22,23). The molecule has 6 heteroatoms. The van der Waals surface area contributed by atoms with E-state index in [0.29, 0.717) is 0 Å². The van der Waals surface area contributed by atoms with Crippen LogP contribution in [0.4, 0.5) is 9.18 Å². The van der Waals surface area contributed by atoms with E-state index in [9.17, 15) is 14.0 Å². The molecule has 25 heavy (non-hydrogen) atoms. The Hall–Kier alpha value is -2.89. The highest BCUT2D eigenvalue weighted by atomic mass is 19.1.